The van der Waals surface area contributed by atoms with Gasteiger partial charge in [0.2, 0.25) is 0 Å². The first-order valence-corrected chi connectivity index (χ1v) is 7.93. The maximum Gasteiger partial charge on any atom is 0.0702 e. The Balaban J connectivity index is 1.91. The van der Waals surface area contributed by atoms with Gasteiger partial charge in [-0.05, 0) is 43.5 Å². The number of nitrogens with zero attached hydrogens (tertiary/aromatic N) is 1. The highest BCUT2D eigenvalue weighted by Gasteiger charge is 2.20. The first-order chi connectivity index (χ1) is 10.3. The summed E-state index contributed by atoms with van der Waals surface area (Å²) in [6.45, 7) is 6.62. The van der Waals surface area contributed by atoms with Crippen molar-refractivity contribution in [1.82, 2.24) is 4.90 Å². The topological polar surface area (TPSA) is 38.5 Å². The predicted octanol–water partition coefficient (Wildman–Crippen LogP) is 2.39. The van der Waals surface area contributed by atoms with Gasteiger partial charge in [-0.15, -0.1) is 0 Å². The van der Waals surface area contributed by atoms with Crippen LogP contribution in [0, 0.1) is 11.8 Å². The number of ether oxygens (including phenoxy) is 1. The third-order valence-electron chi connectivity index (χ3n) is 3.69. The number of likely N-dealkylation sites (tertiary alicyclic amines) is 1. The Kier molecular flexibility index (Phi) is 6.75. The van der Waals surface area contributed by atoms with E-state index in [2.05, 4.69) is 41.9 Å². The van der Waals surface area contributed by atoms with Crippen molar-refractivity contribution < 1.29 is 4.74 Å². The molecule has 0 aliphatic carbocycles. The molecule has 3 nitrogen and oxygen atoms in total. The highest BCUT2D eigenvalue weighted by atomic mass is 16.5. The summed E-state index contributed by atoms with van der Waals surface area (Å²) in [7, 11) is 0. The number of rotatable bonds is 5. The second-order valence-corrected chi connectivity index (χ2v) is 5.58. The second-order valence-electron chi connectivity index (χ2n) is 5.58. The van der Waals surface area contributed by atoms with Gasteiger partial charge in [-0.25, -0.2) is 0 Å². The van der Waals surface area contributed by atoms with Gasteiger partial charge in [0.15, 0.2) is 0 Å². The van der Waals surface area contributed by atoms with Gasteiger partial charge in [0, 0.05) is 25.3 Å². The van der Waals surface area contributed by atoms with Crippen LogP contribution in [0.1, 0.15) is 37.3 Å². The number of nitrogens with two attached hydrogens (primary N) is 1. The van der Waals surface area contributed by atoms with Crippen LogP contribution in [0.2, 0.25) is 0 Å². The number of piperidine rings is 1. The molecule has 0 bridgehead atoms. The second kappa shape index (κ2) is 8.84. The van der Waals surface area contributed by atoms with Crippen molar-refractivity contribution in [1.29, 1.82) is 0 Å². The lowest BCUT2D eigenvalue weighted by Crippen LogP contribution is -2.39. The molecule has 2 N–H and O–H groups in total. The Morgan fingerprint density at radius 2 is 2.33 bits per heavy atom. The quantitative estimate of drug-likeness (QED) is 0.845. The molecule has 114 valence electrons. The summed E-state index contributed by atoms with van der Waals surface area (Å²) < 4.78 is 5.90. The van der Waals surface area contributed by atoms with Gasteiger partial charge in [-0.1, -0.05) is 30.9 Å². The molecule has 3 heteroatoms. The molecular formula is C18H26N2O. The average Bonchev–Trinajstić information content (AvgIpc) is 2.52. The van der Waals surface area contributed by atoms with E-state index in [4.69, 9.17) is 10.5 Å². The smallest absolute Gasteiger partial charge is 0.0702 e. The van der Waals surface area contributed by atoms with Crippen molar-refractivity contribution in [3.05, 3.63) is 35.4 Å². The van der Waals surface area contributed by atoms with Gasteiger partial charge in [-0.2, -0.15) is 0 Å². The molecule has 1 aromatic carbocycles. The Morgan fingerprint density at radius 1 is 1.43 bits per heavy atom. The van der Waals surface area contributed by atoms with Crippen molar-refractivity contribution in [2.24, 2.45) is 5.73 Å². The molecule has 0 spiro atoms. The van der Waals surface area contributed by atoms with Crippen LogP contribution in [-0.4, -0.2) is 37.2 Å². The van der Waals surface area contributed by atoms with Gasteiger partial charge in [0.25, 0.3) is 0 Å². The Morgan fingerprint density at radius 3 is 3.14 bits per heavy atom. The first-order valence-electron chi connectivity index (χ1n) is 7.93. The normalized spacial score (nSPS) is 19.0. The molecule has 1 unspecified atom stereocenters. The fourth-order valence-electron chi connectivity index (χ4n) is 2.74. The molecule has 1 aromatic rings. The van der Waals surface area contributed by atoms with Crippen LogP contribution in [0.5, 0.6) is 0 Å². The van der Waals surface area contributed by atoms with Crippen LogP contribution in [0.3, 0.4) is 0 Å². The molecule has 0 aromatic heterocycles. The Bertz CT molecular complexity index is 489. The molecule has 1 aliphatic heterocycles. The van der Waals surface area contributed by atoms with Crippen LogP contribution in [0.4, 0.5) is 0 Å². The van der Waals surface area contributed by atoms with Crippen molar-refractivity contribution in [2.45, 2.75) is 38.8 Å². The molecule has 0 radical (unpaired) electrons. The average molecular weight is 286 g/mol. The summed E-state index contributed by atoms with van der Waals surface area (Å²) in [4.78, 5) is 2.49. The summed E-state index contributed by atoms with van der Waals surface area (Å²) in [5.74, 6) is 6.01. The zero-order chi connectivity index (χ0) is 14.9. The zero-order valence-electron chi connectivity index (χ0n) is 13.0. The highest BCUT2D eigenvalue weighted by molar-refractivity contribution is 5.37. The minimum Gasteiger partial charge on any atom is -0.377 e. The SMILES string of the molecule is CCCOC1CCCN(Cc2cccc(C#CCN)c2)C1. The lowest BCUT2D eigenvalue weighted by Gasteiger charge is -2.32. The van der Waals surface area contributed by atoms with E-state index in [0.717, 1.165) is 38.2 Å². The lowest BCUT2D eigenvalue weighted by molar-refractivity contribution is -0.00222. The van der Waals surface area contributed by atoms with Gasteiger partial charge >= 0.3 is 0 Å². The molecule has 1 atom stereocenters. The summed E-state index contributed by atoms with van der Waals surface area (Å²) in [6, 6.07) is 8.45. The maximum absolute atomic E-state index is 5.90. The van der Waals surface area contributed by atoms with Crippen LogP contribution in [0.15, 0.2) is 24.3 Å². The molecule has 21 heavy (non-hydrogen) atoms. The Labute approximate surface area is 128 Å². The van der Waals surface area contributed by atoms with Gasteiger partial charge in [0.05, 0.1) is 12.6 Å². The third kappa shape index (κ3) is 5.51. The minimum absolute atomic E-state index is 0.402. The van der Waals surface area contributed by atoms with Crippen molar-refractivity contribution in [3.63, 3.8) is 0 Å². The van der Waals surface area contributed by atoms with E-state index in [9.17, 15) is 0 Å². The number of hydrogen-bond donors (Lipinski definition) is 1. The predicted molar refractivity (Wildman–Crippen MR) is 86.9 cm³/mol. The van der Waals surface area contributed by atoms with E-state index in [1.807, 2.05) is 6.07 Å². The van der Waals surface area contributed by atoms with Crippen LogP contribution in [0.25, 0.3) is 0 Å². The monoisotopic (exact) mass is 286 g/mol. The fraction of sp³-hybridized carbons (Fsp3) is 0.556. The fourth-order valence-corrected chi connectivity index (χ4v) is 2.74. The zero-order valence-corrected chi connectivity index (χ0v) is 13.0. The molecule has 1 saturated heterocycles. The molecule has 1 fully saturated rings. The minimum atomic E-state index is 0.402. The van der Waals surface area contributed by atoms with Crippen molar-refractivity contribution in [3.8, 4) is 11.8 Å². The molecule has 1 aliphatic rings. The highest BCUT2D eigenvalue weighted by Crippen LogP contribution is 2.16. The lowest BCUT2D eigenvalue weighted by atomic mass is 10.1. The number of hydrogen-bond acceptors (Lipinski definition) is 3. The molecular weight excluding hydrogens is 260 g/mol. The molecule has 0 amide bonds. The van der Waals surface area contributed by atoms with Gasteiger partial charge in [0.1, 0.15) is 0 Å². The maximum atomic E-state index is 5.90. The van der Waals surface area contributed by atoms with E-state index in [0.29, 0.717) is 12.6 Å². The van der Waals surface area contributed by atoms with E-state index in [1.165, 1.54) is 18.4 Å². The van der Waals surface area contributed by atoms with Crippen LogP contribution >= 0.6 is 0 Å². The van der Waals surface area contributed by atoms with Crippen molar-refractivity contribution >= 4 is 0 Å². The molecule has 1 heterocycles. The summed E-state index contributed by atoms with van der Waals surface area (Å²) in [5, 5.41) is 0. The standard InChI is InChI=1S/C18H26N2O/c1-2-12-21-18-9-5-11-20(15-18)14-17-7-3-6-16(13-17)8-4-10-19/h3,6-7,13,18H,2,5,9-12,14-15,19H2,1H3. The first kappa shape index (κ1) is 16.0. The van der Waals surface area contributed by atoms with E-state index in [-0.39, 0.29) is 0 Å². The molecule has 2 rings (SSSR count). The summed E-state index contributed by atoms with van der Waals surface area (Å²) >= 11 is 0. The third-order valence-corrected chi connectivity index (χ3v) is 3.69. The van der Waals surface area contributed by atoms with E-state index < -0.39 is 0 Å². The van der Waals surface area contributed by atoms with E-state index >= 15 is 0 Å². The molecule has 0 saturated carbocycles. The summed E-state index contributed by atoms with van der Waals surface area (Å²) in [5.41, 5.74) is 7.79. The largest absolute Gasteiger partial charge is 0.377 e. The van der Waals surface area contributed by atoms with Gasteiger partial charge in [-0.3, -0.25) is 4.90 Å². The van der Waals surface area contributed by atoms with Crippen LogP contribution < -0.4 is 5.73 Å². The summed E-state index contributed by atoms with van der Waals surface area (Å²) in [6.07, 6.45) is 3.91. The van der Waals surface area contributed by atoms with Gasteiger partial charge < -0.3 is 10.5 Å². The van der Waals surface area contributed by atoms with Crippen LogP contribution in [-0.2, 0) is 11.3 Å². The number of benzene rings is 1. The van der Waals surface area contributed by atoms with Crippen molar-refractivity contribution in [2.75, 3.05) is 26.2 Å². The van der Waals surface area contributed by atoms with E-state index in [1.54, 1.807) is 0 Å². The Hall–Kier alpha value is -1.34.